The van der Waals surface area contributed by atoms with Gasteiger partial charge in [0, 0.05) is 0 Å². The van der Waals surface area contributed by atoms with Crippen LogP contribution in [0.5, 0.6) is 28.7 Å². The highest BCUT2D eigenvalue weighted by Crippen LogP contribution is 2.35. The Morgan fingerprint density at radius 1 is 0.647 bits per heavy atom. The van der Waals surface area contributed by atoms with Crippen LogP contribution in [0.15, 0.2) is 103 Å². The molecule has 5 aromatic rings. The van der Waals surface area contributed by atoms with Gasteiger partial charge in [0.15, 0.2) is 5.75 Å². The molecule has 51 heavy (non-hydrogen) atoms. The average molecular weight is 730 g/mol. The van der Waals surface area contributed by atoms with Crippen LogP contribution in [0, 0.1) is 12.5 Å². The number of para-hydroxylation sites is 1. The molecule has 0 heterocycles. The highest BCUT2D eigenvalue weighted by atomic mass is 35.5. The molecule has 0 aliphatic carbocycles. The van der Waals surface area contributed by atoms with Gasteiger partial charge in [0.25, 0.3) is 0 Å². The average Bonchev–Trinajstić information content (AvgIpc) is 3.12. The van der Waals surface area contributed by atoms with Gasteiger partial charge >= 0.3 is 17.9 Å². The number of halogens is 2. The summed E-state index contributed by atoms with van der Waals surface area (Å²) in [7, 11) is 0. The number of ether oxygens (including phenoxy) is 4. The van der Waals surface area contributed by atoms with Crippen LogP contribution in [0.3, 0.4) is 0 Å². The Bertz CT molecular complexity index is 2110. The summed E-state index contributed by atoms with van der Waals surface area (Å²) in [4.78, 5) is 47.2. The van der Waals surface area contributed by atoms with Crippen molar-refractivity contribution in [2.45, 2.75) is 6.61 Å². The molecule has 0 aliphatic rings. The molecular formula is C38H26Cl2O11. The van der Waals surface area contributed by atoms with E-state index in [1.54, 1.807) is 36.4 Å². The van der Waals surface area contributed by atoms with Crippen molar-refractivity contribution in [3.8, 4) is 52.4 Å². The van der Waals surface area contributed by atoms with E-state index in [0.29, 0.717) is 28.2 Å². The molecule has 0 saturated heterocycles. The first-order chi connectivity index (χ1) is 24.6. The molecule has 0 bridgehead atoms. The van der Waals surface area contributed by atoms with E-state index in [1.165, 1.54) is 30.3 Å². The highest BCUT2D eigenvalue weighted by molar-refractivity contribution is 6.33. The van der Waals surface area contributed by atoms with Crippen LogP contribution in [-0.4, -0.2) is 41.3 Å². The Balaban J connectivity index is 1.18. The molecule has 0 amide bonds. The van der Waals surface area contributed by atoms with E-state index in [4.69, 9.17) is 58.3 Å². The molecule has 258 valence electrons. The zero-order valence-corrected chi connectivity index (χ0v) is 27.9. The molecule has 0 spiro atoms. The number of rotatable bonds is 15. The van der Waals surface area contributed by atoms with E-state index in [9.17, 15) is 24.6 Å². The summed E-state index contributed by atoms with van der Waals surface area (Å²) in [5, 5.41) is 19.5. The number of carbonyl (C=O) groups excluding carboxylic acids is 1. The van der Waals surface area contributed by atoms with Crippen molar-refractivity contribution in [3.05, 3.63) is 135 Å². The van der Waals surface area contributed by atoms with Crippen LogP contribution in [0.4, 0.5) is 0 Å². The number of carbonyl (C=O) groups is 3. The molecular weight excluding hydrogens is 703 g/mol. The molecule has 5 aromatic carbocycles. The van der Waals surface area contributed by atoms with Crippen LogP contribution in [0.2, 0.25) is 10.0 Å². The van der Waals surface area contributed by atoms with Crippen molar-refractivity contribution >= 4 is 41.1 Å². The quantitative estimate of drug-likeness (QED) is 0.0268. The van der Waals surface area contributed by atoms with E-state index in [-0.39, 0.29) is 63.8 Å². The lowest BCUT2D eigenvalue weighted by Crippen LogP contribution is -2.14. The first-order valence-electron chi connectivity index (χ1n) is 14.9. The van der Waals surface area contributed by atoms with E-state index in [2.05, 4.69) is 0 Å². The molecule has 0 aromatic heterocycles. The Morgan fingerprint density at radius 3 is 1.88 bits per heavy atom. The predicted octanol–water partition coefficient (Wildman–Crippen LogP) is 8.21. The summed E-state index contributed by atoms with van der Waals surface area (Å²) in [5.41, 5.74) is 0.948. The molecule has 11 nitrogen and oxygen atoms in total. The molecule has 2 N–H and O–H groups in total. The molecule has 5 rings (SSSR count). The molecule has 0 saturated carbocycles. The number of terminal acetylenes is 1. The van der Waals surface area contributed by atoms with E-state index < -0.39 is 17.9 Å². The van der Waals surface area contributed by atoms with Gasteiger partial charge in [-0.3, -0.25) is 0 Å². The number of aromatic carboxylic acids is 2. The maximum Gasteiger partial charge on any atom is 0.344 e. The largest absolute Gasteiger partial charge is 0.490 e. The number of carboxylic acids is 2. The van der Waals surface area contributed by atoms with Crippen molar-refractivity contribution in [2.75, 3.05) is 13.2 Å². The van der Waals surface area contributed by atoms with Gasteiger partial charge < -0.3 is 34.0 Å². The summed E-state index contributed by atoms with van der Waals surface area (Å²) >= 11 is 12.9. The Kier molecular flexibility index (Phi) is 12.0. The van der Waals surface area contributed by atoms with Crippen LogP contribution in [-0.2, 0) is 11.5 Å². The SMILES string of the molecule is C#COc1ccc(C(=O)Oc2ccc(-c3ccc(OOCc4ccc(OCCOc5ccccc5)cc4C(=O)O)c(Cl)c3)cc2Cl)c(C(=O)O)c1. The number of hydrogen-bond donors (Lipinski definition) is 2. The highest BCUT2D eigenvalue weighted by Gasteiger charge is 2.21. The van der Waals surface area contributed by atoms with Gasteiger partial charge in [-0.05, 0) is 83.4 Å². The van der Waals surface area contributed by atoms with Crippen LogP contribution in [0.25, 0.3) is 11.1 Å². The van der Waals surface area contributed by atoms with Crippen molar-refractivity contribution in [2.24, 2.45) is 0 Å². The number of esters is 1. The molecule has 0 atom stereocenters. The number of hydrogen-bond acceptors (Lipinski definition) is 9. The fourth-order valence-corrected chi connectivity index (χ4v) is 5.07. The normalized spacial score (nSPS) is 10.5. The third-order valence-corrected chi connectivity index (χ3v) is 7.65. The lowest BCUT2D eigenvalue weighted by Gasteiger charge is -2.13. The third kappa shape index (κ3) is 9.49. The standard InChI is InChI=1S/C38H26Cl2O11/c1-2-46-27-12-13-29(31(21-27)37(43)44)38(45)50-34-14-9-23(18-32(34)39)24-10-15-35(33(40)19-24)51-49-22-25-8-11-28(20-30(25)36(41)42)48-17-16-47-26-6-4-3-5-7-26/h1,3-15,18-21H,16-17,22H2,(H,41,42)(H,43,44). The Morgan fingerprint density at radius 2 is 1.25 bits per heavy atom. The van der Waals surface area contributed by atoms with Gasteiger partial charge in [-0.15, -0.1) is 0 Å². The summed E-state index contributed by atoms with van der Waals surface area (Å²) in [6.07, 6.45) is 7.02. The van der Waals surface area contributed by atoms with Gasteiger partial charge in [0.1, 0.15) is 48.9 Å². The first kappa shape index (κ1) is 36.1. The first-order valence-corrected chi connectivity index (χ1v) is 15.7. The van der Waals surface area contributed by atoms with Crippen molar-refractivity contribution < 1.29 is 53.3 Å². The number of benzene rings is 5. The summed E-state index contributed by atoms with van der Waals surface area (Å²) < 4.78 is 21.5. The lowest BCUT2D eigenvalue weighted by atomic mass is 10.1. The maximum absolute atomic E-state index is 12.8. The summed E-state index contributed by atoms with van der Waals surface area (Å²) in [6, 6.07) is 26.9. The van der Waals surface area contributed by atoms with E-state index in [1.807, 2.05) is 36.4 Å². The monoisotopic (exact) mass is 728 g/mol. The van der Waals surface area contributed by atoms with Gasteiger partial charge in [-0.2, -0.15) is 4.89 Å². The van der Waals surface area contributed by atoms with Crippen LogP contribution < -0.4 is 23.8 Å². The fourth-order valence-electron chi connectivity index (χ4n) is 4.64. The van der Waals surface area contributed by atoms with Gasteiger partial charge in [0.05, 0.1) is 26.7 Å². The molecule has 0 aliphatic heterocycles. The maximum atomic E-state index is 12.8. The minimum Gasteiger partial charge on any atom is -0.490 e. The van der Waals surface area contributed by atoms with E-state index in [0.717, 1.165) is 6.07 Å². The zero-order chi connectivity index (χ0) is 36.3. The third-order valence-electron chi connectivity index (χ3n) is 7.06. The van der Waals surface area contributed by atoms with Gasteiger partial charge in [-0.1, -0.05) is 66.0 Å². The van der Waals surface area contributed by atoms with Crippen LogP contribution in [0.1, 0.15) is 36.6 Å². The second-order valence-corrected chi connectivity index (χ2v) is 11.2. The van der Waals surface area contributed by atoms with Crippen molar-refractivity contribution in [3.63, 3.8) is 0 Å². The lowest BCUT2D eigenvalue weighted by molar-refractivity contribution is -0.217. The van der Waals surface area contributed by atoms with E-state index >= 15 is 0 Å². The van der Waals surface area contributed by atoms with Crippen molar-refractivity contribution in [1.29, 1.82) is 0 Å². The molecule has 13 heteroatoms. The minimum absolute atomic E-state index is 0.0115. The fraction of sp³-hybridized carbons (Fsp3) is 0.0789. The second kappa shape index (κ2) is 17.0. The smallest absolute Gasteiger partial charge is 0.344 e. The topological polar surface area (TPSA) is 147 Å². The molecule has 0 radical (unpaired) electrons. The Hall–Kier alpha value is -6.19. The Labute approximate surface area is 301 Å². The van der Waals surface area contributed by atoms with Gasteiger partial charge in [0.2, 0.25) is 0 Å². The van der Waals surface area contributed by atoms with Crippen LogP contribution >= 0.6 is 23.2 Å². The summed E-state index contributed by atoms with van der Waals surface area (Å²) in [6.45, 7) is 0.279. The zero-order valence-electron chi connectivity index (χ0n) is 26.3. The summed E-state index contributed by atoms with van der Waals surface area (Å²) in [5.74, 6) is -2.23. The van der Waals surface area contributed by atoms with Crippen molar-refractivity contribution in [1.82, 2.24) is 0 Å². The van der Waals surface area contributed by atoms with Gasteiger partial charge in [-0.25, -0.2) is 14.4 Å². The second-order valence-electron chi connectivity index (χ2n) is 10.4. The molecule has 0 unspecified atom stereocenters. The predicted molar refractivity (Wildman–Crippen MR) is 186 cm³/mol. The molecule has 0 fully saturated rings. The minimum atomic E-state index is -1.38. The number of carboxylic acid groups (broad SMARTS) is 2.